The van der Waals surface area contributed by atoms with Gasteiger partial charge in [-0.1, -0.05) is 17.8 Å². The molecule has 1 N–H and O–H groups in total. The lowest BCUT2D eigenvalue weighted by Gasteiger charge is -2.15. The van der Waals surface area contributed by atoms with Crippen LogP contribution in [0.25, 0.3) is 6.08 Å². The summed E-state index contributed by atoms with van der Waals surface area (Å²) in [5, 5.41) is 3.02. The smallest absolute Gasteiger partial charge is 0.285 e. The van der Waals surface area contributed by atoms with Crippen LogP contribution in [0.4, 0.5) is 0 Å². The zero-order chi connectivity index (χ0) is 18.0. The molecule has 1 saturated heterocycles. The summed E-state index contributed by atoms with van der Waals surface area (Å²) in [5.74, 6) is -0.229. The maximum absolute atomic E-state index is 12.5. The number of methoxy groups -OCH3 is 1. The van der Waals surface area contributed by atoms with E-state index in [2.05, 4.69) is 21.4 Å². The number of carbonyl (C=O) groups is 2. The van der Waals surface area contributed by atoms with Gasteiger partial charge in [0, 0.05) is 20.3 Å². The number of nitrogens with zero attached hydrogens (tertiary/aromatic N) is 1. The first-order chi connectivity index (χ1) is 12.0. The molecule has 0 aliphatic carbocycles. The fourth-order valence-electron chi connectivity index (χ4n) is 2.03. The van der Waals surface area contributed by atoms with Gasteiger partial charge in [-0.15, -0.1) is 11.3 Å². The highest BCUT2D eigenvalue weighted by Crippen LogP contribution is 2.33. The Hall–Kier alpha value is -1.68. The number of thiophene rings is 1. The number of thioether (sulfide) groups is 1. The van der Waals surface area contributed by atoms with Crippen molar-refractivity contribution in [2.75, 3.05) is 7.11 Å². The molecule has 9 heteroatoms. The van der Waals surface area contributed by atoms with Crippen molar-refractivity contribution in [3.05, 3.63) is 55.5 Å². The molecular formula is C16H11BrN2O3S3. The van der Waals surface area contributed by atoms with Crippen molar-refractivity contribution in [1.82, 2.24) is 10.4 Å². The van der Waals surface area contributed by atoms with E-state index in [1.807, 2.05) is 11.4 Å². The number of halogens is 1. The Kier molecular flexibility index (Phi) is 5.57. The van der Waals surface area contributed by atoms with Crippen LogP contribution in [0.2, 0.25) is 0 Å². The SMILES string of the molecule is COc1cccc(C(=O)NN2C(=O)/C(=C\c3cc(Br)cs3)SC2=S)c1. The second-order valence-electron chi connectivity index (χ2n) is 4.86. The molecule has 3 rings (SSSR count). The molecule has 25 heavy (non-hydrogen) atoms. The summed E-state index contributed by atoms with van der Waals surface area (Å²) in [6.45, 7) is 0. The van der Waals surface area contributed by atoms with Crippen molar-refractivity contribution >= 4 is 73.5 Å². The minimum Gasteiger partial charge on any atom is -0.497 e. The number of thiocarbonyl (C=S) groups is 1. The van der Waals surface area contributed by atoms with E-state index in [1.54, 1.807) is 30.3 Å². The third kappa shape index (κ3) is 4.12. The molecule has 5 nitrogen and oxygen atoms in total. The van der Waals surface area contributed by atoms with Gasteiger partial charge in [0.05, 0.1) is 12.0 Å². The molecule has 2 amide bonds. The predicted molar refractivity (Wildman–Crippen MR) is 107 cm³/mol. The van der Waals surface area contributed by atoms with Crippen LogP contribution in [-0.2, 0) is 4.79 Å². The van der Waals surface area contributed by atoms with Gasteiger partial charge >= 0.3 is 0 Å². The van der Waals surface area contributed by atoms with Crippen LogP contribution in [0.1, 0.15) is 15.2 Å². The first-order valence-electron chi connectivity index (χ1n) is 6.95. The highest BCUT2D eigenvalue weighted by molar-refractivity contribution is 9.10. The summed E-state index contributed by atoms with van der Waals surface area (Å²) in [6.07, 6.45) is 1.76. The lowest BCUT2D eigenvalue weighted by molar-refractivity contribution is -0.123. The molecule has 0 saturated carbocycles. The zero-order valence-corrected chi connectivity index (χ0v) is 16.9. The molecule has 2 heterocycles. The number of rotatable bonds is 4. The molecular weight excluding hydrogens is 444 g/mol. The van der Waals surface area contributed by atoms with Crippen molar-refractivity contribution in [3.8, 4) is 5.75 Å². The quantitative estimate of drug-likeness (QED) is 0.557. The van der Waals surface area contributed by atoms with Gasteiger partial charge in [0.25, 0.3) is 11.8 Å². The predicted octanol–water partition coefficient (Wildman–Crippen LogP) is 4.07. The number of nitrogens with one attached hydrogen (secondary N) is 1. The monoisotopic (exact) mass is 454 g/mol. The number of carbonyl (C=O) groups excluding carboxylic acids is 2. The maximum atomic E-state index is 12.5. The van der Waals surface area contributed by atoms with Gasteiger partial charge in [-0.3, -0.25) is 15.0 Å². The third-order valence-electron chi connectivity index (χ3n) is 3.20. The second kappa shape index (κ2) is 7.69. The Balaban J connectivity index is 1.76. The van der Waals surface area contributed by atoms with Crippen LogP contribution in [0, 0.1) is 0 Å². The zero-order valence-electron chi connectivity index (χ0n) is 12.8. The van der Waals surface area contributed by atoms with Crippen LogP contribution in [0.15, 0.2) is 45.1 Å². The fourth-order valence-corrected chi connectivity index (χ4v) is 4.65. The molecule has 1 aliphatic rings. The largest absolute Gasteiger partial charge is 0.497 e. The number of benzene rings is 1. The molecule has 1 aromatic carbocycles. The molecule has 128 valence electrons. The Morgan fingerprint density at radius 3 is 2.88 bits per heavy atom. The van der Waals surface area contributed by atoms with Gasteiger partial charge < -0.3 is 4.74 Å². The molecule has 0 unspecified atom stereocenters. The summed E-state index contributed by atoms with van der Waals surface area (Å²) in [5.41, 5.74) is 2.92. The van der Waals surface area contributed by atoms with Gasteiger partial charge in [-0.05, 0) is 58.5 Å². The molecule has 1 aliphatic heterocycles. The lowest BCUT2D eigenvalue weighted by atomic mass is 10.2. The van der Waals surface area contributed by atoms with Crippen molar-refractivity contribution in [2.24, 2.45) is 0 Å². The highest BCUT2D eigenvalue weighted by atomic mass is 79.9. The number of hydrogen-bond acceptors (Lipinski definition) is 6. The Labute approximate surface area is 166 Å². The third-order valence-corrected chi connectivity index (χ3v) is 6.14. The minimum absolute atomic E-state index is 0.281. The second-order valence-corrected chi connectivity index (χ2v) is 8.39. The van der Waals surface area contributed by atoms with Crippen molar-refractivity contribution < 1.29 is 14.3 Å². The van der Waals surface area contributed by atoms with E-state index in [9.17, 15) is 9.59 Å². The average molecular weight is 455 g/mol. The summed E-state index contributed by atoms with van der Waals surface area (Å²) in [4.78, 5) is 26.3. The summed E-state index contributed by atoms with van der Waals surface area (Å²) in [6, 6.07) is 8.57. The van der Waals surface area contributed by atoms with E-state index in [-0.39, 0.29) is 10.2 Å². The number of amides is 2. The van der Waals surface area contributed by atoms with Gasteiger partial charge in [0.1, 0.15) is 5.75 Å². The van der Waals surface area contributed by atoms with Crippen molar-refractivity contribution in [2.45, 2.75) is 0 Å². The van der Waals surface area contributed by atoms with Gasteiger partial charge in [0.2, 0.25) is 0 Å². The minimum atomic E-state index is -0.435. The van der Waals surface area contributed by atoms with E-state index in [0.717, 1.165) is 26.1 Å². The molecule has 1 fully saturated rings. The normalized spacial score (nSPS) is 15.8. The first-order valence-corrected chi connectivity index (χ1v) is 9.84. The average Bonchev–Trinajstić information content (AvgIpc) is 3.13. The van der Waals surface area contributed by atoms with Crippen LogP contribution >= 0.6 is 51.2 Å². The molecule has 0 spiro atoms. The van der Waals surface area contributed by atoms with Crippen molar-refractivity contribution in [3.63, 3.8) is 0 Å². The summed E-state index contributed by atoms with van der Waals surface area (Å²) < 4.78 is 6.33. The highest BCUT2D eigenvalue weighted by Gasteiger charge is 2.33. The van der Waals surface area contributed by atoms with Crippen LogP contribution in [0.3, 0.4) is 0 Å². The Morgan fingerprint density at radius 1 is 1.40 bits per heavy atom. The van der Waals surface area contributed by atoms with E-state index in [0.29, 0.717) is 16.2 Å². The van der Waals surface area contributed by atoms with Crippen LogP contribution < -0.4 is 10.2 Å². The summed E-state index contributed by atoms with van der Waals surface area (Å²) >= 11 is 11.2. The van der Waals surface area contributed by atoms with E-state index < -0.39 is 5.91 Å². The molecule has 1 aromatic heterocycles. The van der Waals surface area contributed by atoms with E-state index >= 15 is 0 Å². The molecule has 0 bridgehead atoms. The first kappa shape index (κ1) is 18.1. The Morgan fingerprint density at radius 2 is 2.20 bits per heavy atom. The number of hydrogen-bond donors (Lipinski definition) is 1. The van der Waals surface area contributed by atoms with Crippen molar-refractivity contribution in [1.29, 1.82) is 0 Å². The van der Waals surface area contributed by atoms with E-state index in [4.69, 9.17) is 17.0 Å². The Bertz CT molecular complexity index is 894. The lowest BCUT2D eigenvalue weighted by Crippen LogP contribution is -2.44. The van der Waals surface area contributed by atoms with E-state index in [1.165, 1.54) is 18.4 Å². The fraction of sp³-hybridized carbons (Fsp3) is 0.0625. The van der Waals surface area contributed by atoms with Crippen LogP contribution in [0.5, 0.6) is 5.75 Å². The van der Waals surface area contributed by atoms with Gasteiger partial charge in [-0.2, -0.15) is 5.01 Å². The van der Waals surface area contributed by atoms with Gasteiger partial charge in [0.15, 0.2) is 4.32 Å². The molecule has 2 aromatic rings. The topological polar surface area (TPSA) is 58.6 Å². The number of hydrazine groups is 1. The standard InChI is InChI=1S/C16H11BrN2O3S3/c1-22-11-4-2-3-9(5-11)14(20)18-19-15(21)13(25-16(19)23)7-12-6-10(17)8-24-12/h2-8H,1H3,(H,18,20)/b13-7+. The van der Waals surface area contributed by atoms with Gasteiger partial charge in [-0.25, -0.2) is 0 Å². The summed E-state index contributed by atoms with van der Waals surface area (Å²) in [7, 11) is 1.52. The molecule has 0 atom stereocenters. The number of ether oxygens (including phenoxy) is 1. The molecule has 0 radical (unpaired) electrons. The van der Waals surface area contributed by atoms with Crippen LogP contribution in [-0.4, -0.2) is 28.3 Å². The maximum Gasteiger partial charge on any atom is 0.285 e.